The van der Waals surface area contributed by atoms with Gasteiger partial charge in [0.25, 0.3) is 5.91 Å². The van der Waals surface area contributed by atoms with Gasteiger partial charge in [-0.25, -0.2) is 9.97 Å². The summed E-state index contributed by atoms with van der Waals surface area (Å²) in [5, 5.41) is 5.92. The van der Waals surface area contributed by atoms with Crippen molar-refractivity contribution in [1.82, 2.24) is 9.97 Å². The van der Waals surface area contributed by atoms with Gasteiger partial charge in [-0.1, -0.05) is 0 Å². The van der Waals surface area contributed by atoms with E-state index in [1.165, 1.54) is 12.4 Å². The standard InChI is InChI=1S/C16H20N4O2/c1-16(2,3)20-15-17-9-11(10-18-15)14(21)19-12-5-7-13(22-4)8-6-12/h5-10H,1-4H3,(H,19,21)(H,17,18,20). The Balaban J connectivity index is 2.03. The Kier molecular flexibility index (Phi) is 4.60. The first-order valence-corrected chi connectivity index (χ1v) is 6.93. The monoisotopic (exact) mass is 300 g/mol. The van der Waals surface area contributed by atoms with E-state index in [1.807, 2.05) is 20.8 Å². The van der Waals surface area contributed by atoms with Crippen LogP contribution < -0.4 is 15.4 Å². The molecule has 6 nitrogen and oxygen atoms in total. The summed E-state index contributed by atoms with van der Waals surface area (Å²) < 4.78 is 5.07. The highest BCUT2D eigenvalue weighted by Crippen LogP contribution is 2.16. The van der Waals surface area contributed by atoms with Crippen molar-refractivity contribution in [2.75, 3.05) is 17.7 Å². The van der Waals surface area contributed by atoms with Crippen molar-refractivity contribution in [3.8, 4) is 5.75 Å². The van der Waals surface area contributed by atoms with Crippen molar-refractivity contribution >= 4 is 17.5 Å². The summed E-state index contributed by atoms with van der Waals surface area (Å²) in [6, 6.07) is 7.10. The average Bonchev–Trinajstić information content (AvgIpc) is 2.47. The van der Waals surface area contributed by atoms with Crippen molar-refractivity contribution in [2.24, 2.45) is 0 Å². The summed E-state index contributed by atoms with van der Waals surface area (Å²) in [5.41, 5.74) is 0.949. The number of benzene rings is 1. The predicted molar refractivity (Wildman–Crippen MR) is 86.4 cm³/mol. The van der Waals surface area contributed by atoms with Crippen LogP contribution in [0.2, 0.25) is 0 Å². The third-order valence-corrected chi connectivity index (χ3v) is 2.75. The number of hydrogen-bond acceptors (Lipinski definition) is 5. The average molecular weight is 300 g/mol. The maximum Gasteiger partial charge on any atom is 0.258 e. The van der Waals surface area contributed by atoms with E-state index in [-0.39, 0.29) is 11.4 Å². The summed E-state index contributed by atoms with van der Waals surface area (Å²) in [5.74, 6) is 0.972. The van der Waals surface area contributed by atoms with Crippen molar-refractivity contribution in [1.29, 1.82) is 0 Å². The molecule has 0 aliphatic rings. The molecule has 0 saturated carbocycles. The molecule has 0 fully saturated rings. The molecular weight excluding hydrogens is 280 g/mol. The Morgan fingerprint density at radius 3 is 2.18 bits per heavy atom. The first kappa shape index (κ1) is 15.8. The Morgan fingerprint density at radius 1 is 1.09 bits per heavy atom. The molecular formula is C16H20N4O2. The second-order valence-corrected chi connectivity index (χ2v) is 5.85. The third-order valence-electron chi connectivity index (χ3n) is 2.75. The van der Waals surface area contributed by atoms with Gasteiger partial charge in [-0.3, -0.25) is 4.79 Å². The van der Waals surface area contributed by atoms with Gasteiger partial charge in [-0.2, -0.15) is 0 Å². The molecule has 1 heterocycles. The summed E-state index contributed by atoms with van der Waals surface area (Å²) in [7, 11) is 1.60. The van der Waals surface area contributed by atoms with Gasteiger partial charge in [0, 0.05) is 23.6 Å². The summed E-state index contributed by atoms with van der Waals surface area (Å²) >= 11 is 0. The molecule has 2 N–H and O–H groups in total. The number of nitrogens with one attached hydrogen (secondary N) is 2. The molecule has 1 aromatic carbocycles. The Morgan fingerprint density at radius 2 is 1.68 bits per heavy atom. The van der Waals surface area contributed by atoms with Gasteiger partial charge in [0.05, 0.1) is 12.7 Å². The number of nitrogens with zero attached hydrogens (tertiary/aromatic N) is 2. The van der Waals surface area contributed by atoms with Crippen molar-refractivity contribution in [3.63, 3.8) is 0 Å². The van der Waals surface area contributed by atoms with E-state index in [0.717, 1.165) is 5.75 Å². The fraction of sp³-hybridized carbons (Fsp3) is 0.312. The lowest BCUT2D eigenvalue weighted by molar-refractivity contribution is 0.102. The van der Waals surface area contributed by atoms with Gasteiger partial charge in [0.2, 0.25) is 5.95 Å². The maximum atomic E-state index is 12.1. The molecule has 0 saturated heterocycles. The van der Waals surface area contributed by atoms with E-state index >= 15 is 0 Å². The molecule has 0 spiro atoms. The van der Waals surface area contributed by atoms with E-state index in [4.69, 9.17) is 4.74 Å². The number of anilines is 2. The molecule has 0 bridgehead atoms. The fourth-order valence-corrected chi connectivity index (χ4v) is 1.72. The van der Waals surface area contributed by atoms with Crippen LogP contribution in [0.4, 0.5) is 11.6 Å². The number of carbonyl (C=O) groups is 1. The second kappa shape index (κ2) is 6.43. The largest absolute Gasteiger partial charge is 0.497 e. The van der Waals surface area contributed by atoms with Crippen LogP contribution in [-0.4, -0.2) is 28.5 Å². The van der Waals surface area contributed by atoms with Crippen molar-refractivity contribution < 1.29 is 9.53 Å². The topological polar surface area (TPSA) is 76.1 Å². The molecule has 0 aliphatic carbocycles. The van der Waals surface area contributed by atoms with E-state index in [2.05, 4.69) is 20.6 Å². The predicted octanol–water partition coefficient (Wildman–Crippen LogP) is 2.95. The second-order valence-electron chi connectivity index (χ2n) is 5.85. The minimum Gasteiger partial charge on any atom is -0.497 e. The molecule has 1 amide bonds. The van der Waals surface area contributed by atoms with Gasteiger partial charge in [0.1, 0.15) is 5.75 Å². The van der Waals surface area contributed by atoms with E-state index < -0.39 is 0 Å². The number of methoxy groups -OCH3 is 1. The van der Waals surface area contributed by atoms with Gasteiger partial charge >= 0.3 is 0 Å². The van der Waals surface area contributed by atoms with Crippen LogP contribution in [0.1, 0.15) is 31.1 Å². The third kappa shape index (κ3) is 4.44. The molecule has 116 valence electrons. The van der Waals surface area contributed by atoms with Gasteiger partial charge < -0.3 is 15.4 Å². The molecule has 22 heavy (non-hydrogen) atoms. The Hall–Kier alpha value is -2.63. The highest BCUT2D eigenvalue weighted by molar-refractivity contribution is 6.03. The van der Waals surface area contributed by atoms with Crippen LogP contribution in [0.15, 0.2) is 36.7 Å². The Bertz CT molecular complexity index is 631. The van der Waals surface area contributed by atoms with Crippen LogP contribution in [0.5, 0.6) is 5.75 Å². The number of ether oxygens (including phenoxy) is 1. The number of carbonyl (C=O) groups excluding carboxylic acids is 1. The summed E-state index contributed by atoms with van der Waals surface area (Å²) in [6.45, 7) is 6.04. The number of rotatable bonds is 4. The van der Waals surface area contributed by atoms with Gasteiger partial charge in [0.15, 0.2) is 0 Å². The highest BCUT2D eigenvalue weighted by atomic mass is 16.5. The first-order valence-electron chi connectivity index (χ1n) is 6.93. The smallest absolute Gasteiger partial charge is 0.258 e. The van der Waals surface area contributed by atoms with Crippen LogP contribution in [0.3, 0.4) is 0 Å². The van der Waals surface area contributed by atoms with Gasteiger partial charge in [-0.05, 0) is 45.0 Å². The fourth-order valence-electron chi connectivity index (χ4n) is 1.72. The summed E-state index contributed by atoms with van der Waals surface area (Å²) in [6.07, 6.45) is 3.00. The maximum absolute atomic E-state index is 12.1. The molecule has 6 heteroatoms. The van der Waals surface area contributed by atoms with Crippen LogP contribution in [-0.2, 0) is 0 Å². The van der Waals surface area contributed by atoms with E-state index in [9.17, 15) is 4.79 Å². The normalized spacial score (nSPS) is 10.9. The lowest BCUT2D eigenvalue weighted by atomic mass is 10.1. The van der Waals surface area contributed by atoms with Crippen LogP contribution in [0, 0.1) is 0 Å². The lowest BCUT2D eigenvalue weighted by Crippen LogP contribution is -2.27. The molecule has 2 aromatic rings. The minimum atomic E-state index is -0.257. The SMILES string of the molecule is COc1ccc(NC(=O)c2cnc(NC(C)(C)C)nc2)cc1. The molecule has 0 radical (unpaired) electrons. The van der Waals surface area contributed by atoms with E-state index in [0.29, 0.717) is 17.2 Å². The number of hydrogen-bond donors (Lipinski definition) is 2. The van der Waals surface area contributed by atoms with Crippen LogP contribution in [0.25, 0.3) is 0 Å². The highest BCUT2D eigenvalue weighted by Gasteiger charge is 2.12. The quantitative estimate of drug-likeness (QED) is 0.908. The molecule has 2 rings (SSSR count). The number of aromatic nitrogens is 2. The molecule has 0 aliphatic heterocycles. The van der Waals surface area contributed by atoms with Gasteiger partial charge in [-0.15, -0.1) is 0 Å². The van der Waals surface area contributed by atoms with Crippen LogP contribution >= 0.6 is 0 Å². The zero-order valence-electron chi connectivity index (χ0n) is 13.2. The zero-order valence-corrected chi connectivity index (χ0v) is 13.2. The first-order chi connectivity index (χ1) is 10.4. The molecule has 1 aromatic heterocycles. The molecule has 0 unspecified atom stereocenters. The van der Waals surface area contributed by atoms with Crippen molar-refractivity contribution in [3.05, 3.63) is 42.2 Å². The number of amides is 1. The zero-order chi connectivity index (χ0) is 16.2. The minimum absolute atomic E-state index is 0.132. The molecule has 0 atom stereocenters. The lowest BCUT2D eigenvalue weighted by Gasteiger charge is -2.20. The van der Waals surface area contributed by atoms with E-state index in [1.54, 1.807) is 31.4 Å². The Labute approximate surface area is 129 Å². The van der Waals surface area contributed by atoms with Crippen molar-refractivity contribution in [2.45, 2.75) is 26.3 Å². The summed E-state index contributed by atoms with van der Waals surface area (Å²) in [4.78, 5) is 20.4.